The van der Waals surface area contributed by atoms with Gasteiger partial charge in [-0.1, -0.05) is 12.1 Å². The summed E-state index contributed by atoms with van der Waals surface area (Å²) in [5.41, 5.74) is 0.946. The van der Waals surface area contributed by atoms with Crippen molar-refractivity contribution in [2.24, 2.45) is 0 Å². The third kappa shape index (κ3) is 4.58. The van der Waals surface area contributed by atoms with E-state index in [9.17, 15) is 4.79 Å². The average molecular weight is 290 g/mol. The predicted molar refractivity (Wildman–Crippen MR) is 82.1 cm³/mol. The molecule has 0 aromatic heterocycles. The summed E-state index contributed by atoms with van der Waals surface area (Å²) in [5.74, 6) is 0.809. The lowest BCUT2D eigenvalue weighted by Gasteiger charge is -2.33. The molecule has 0 bridgehead atoms. The minimum atomic E-state index is 0.0291. The van der Waals surface area contributed by atoms with Gasteiger partial charge in [-0.05, 0) is 23.8 Å². The number of aliphatic hydroxyl groups is 1. The number of rotatable bonds is 5. The van der Waals surface area contributed by atoms with E-state index in [4.69, 9.17) is 9.84 Å². The normalized spacial score (nSPS) is 16.4. The molecule has 1 aliphatic heterocycles. The van der Waals surface area contributed by atoms with E-state index in [0.29, 0.717) is 19.6 Å². The highest BCUT2D eigenvalue weighted by Crippen LogP contribution is 2.14. The van der Waals surface area contributed by atoms with Gasteiger partial charge in [-0.2, -0.15) is 0 Å². The second-order valence-corrected chi connectivity index (χ2v) is 5.00. The molecule has 0 saturated carbocycles. The molecule has 1 amide bonds. The van der Waals surface area contributed by atoms with Gasteiger partial charge in [-0.15, -0.1) is 0 Å². The minimum absolute atomic E-state index is 0.0291. The lowest BCUT2D eigenvalue weighted by Crippen LogP contribution is -2.48. The van der Waals surface area contributed by atoms with E-state index >= 15 is 0 Å². The molecule has 5 heteroatoms. The van der Waals surface area contributed by atoms with E-state index in [-0.39, 0.29) is 12.5 Å². The molecule has 1 heterocycles. The zero-order valence-electron chi connectivity index (χ0n) is 12.4. The number of hydrogen-bond donors (Lipinski definition) is 1. The maximum absolute atomic E-state index is 12.1. The van der Waals surface area contributed by atoms with Crippen LogP contribution in [0.15, 0.2) is 30.3 Å². The fraction of sp³-hybridized carbons (Fsp3) is 0.438. The zero-order chi connectivity index (χ0) is 15.1. The van der Waals surface area contributed by atoms with Gasteiger partial charge in [-0.3, -0.25) is 9.69 Å². The third-order valence-electron chi connectivity index (χ3n) is 3.61. The first kappa shape index (κ1) is 15.5. The standard InChI is InChI=1S/C16H22N2O3/c1-21-15-4-2-3-14(13-15)5-6-16(20)18-9-7-17(8-10-18)11-12-19/h2-6,13,19H,7-12H2,1H3. The van der Waals surface area contributed by atoms with Crippen molar-refractivity contribution >= 4 is 12.0 Å². The number of hydrogen-bond acceptors (Lipinski definition) is 4. The number of methoxy groups -OCH3 is 1. The predicted octanol–water partition coefficient (Wildman–Crippen LogP) is 0.845. The molecule has 0 spiro atoms. The molecule has 1 fully saturated rings. The fourth-order valence-electron chi connectivity index (χ4n) is 2.35. The Balaban J connectivity index is 1.88. The SMILES string of the molecule is COc1cccc(C=CC(=O)N2CCN(CCO)CC2)c1. The Bertz CT molecular complexity index is 494. The molecule has 1 saturated heterocycles. The second-order valence-electron chi connectivity index (χ2n) is 5.00. The van der Waals surface area contributed by atoms with Gasteiger partial charge in [0.05, 0.1) is 13.7 Å². The number of carbonyl (C=O) groups is 1. The van der Waals surface area contributed by atoms with Crippen molar-refractivity contribution in [1.82, 2.24) is 9.80 Å². The maximum atomic E-state index is 12.1. The number of carbonyl (C=O) groups excluding carboxylic acids is 1. The van der Waals surface area contributed by atoms with Crippen molar-refractivity contribution in [3.63, 3.8) is 0 Å². The molecule has 114 valence electrons. The molecule has 0 atom stereocenters. The van der Waals surface area contributed by atoms with E-state index in [1.807, 2.05) is 35.2 Å². The molecule has 2 rings (SSSR count). The van der Waals surface area contributed by atoms with E-state index in [0.717, 1.165) is 24.4 Å². The van der Waals surface area contributed by atoms with E-state index in [1.165, 1.54) is 0 Å². The molecule has 1 aromatic rings. The number of β-amino-alcohol motifs (C(OH)–C–C–N with tert-alkyl or cyclic N) is 1. The summed E-state index contributed by atoms with van der Waals surface area (Å²) in [7, 11) is 1.62. The summed E-state index contributed by atoms with van der Waals surface area (Å²) >= 11 is 0. The van der Waals surface area contributed by atoms with Crippen LogP contribution < -0.4 is 4.74 Å². The summed E-state index contributed by atoms with van der Waals surface area (Å²) in [5, 5.41) is 8.90. The molecule has 1 N–H and O–H groups in total. The molecule has 0 unspecified atom stereocenters. The van der Waals surface area contributed by atoms with Crippen LogP contribution in [0.25, 0.3) is 6.08 Å². The zero-order valence-corrected chi connectivity index (χ0v) is 12.4. The molecule has 5 nitrogen and oxygen atoms in total. The fourth-order valence-corrected chi connectivity index (χ4v) is 2.35. The van der Waals surface area contributed by atoms with E-state index in [2.05, 4.69) is 4.90 Å². The van der Waals surface area contributed by atoms with Gasteiger partial charge in [0.2, 0.25) is 5.91 Å². The van der Waals surface area contributed by atoms with Crippen molar-refractivity contribution in [2.75, 3.05) is 46.4 Å². The smallest absolute Gasteiger partial charge is 0.246 e. The Kier molecular flexibility index (Phi) is 5.78. The van der Waals surface area contributed by atoms with Crippen LogP contribution in [0, 0.1) is 0 Å². The lowest BCUT2D eigenvalue weighted by atomic mass is 10.2. The molecule has 1 aliphatic rings. The van der Waals surface area contributed by atoms with Crippen molar-refractivity contribution in [1.29, 1.82) is 0 Å². The maximum Gasteiger partial charge on any atom is 0.246 e. The molecule has 0 aliphatic carbocycles. The van der Waals surface area contributed by atoms with Gasteiger partial charge >= 0.3 is 0 Å². The van der Waals surface area contributed by atoms with E-state index < -0.39 is 0 Å². The number of ether oxygens (including phenoxy) is 1. The van der Waals surface area contributed by atoms with Crippen molar-refractivity contribution in [3.8, 4) is 5.75 Å². The van der Waals surface area contributed by atoms with Gasteiger partial charge in [0.25, 0.3) is 0 Å². The van der Waals surface area contributed by atoms with Gasteiger partial charge in [0, 0.05) is 38.8 Å². The Morgan fingerprint density at radius 1 is 1.33 bits per heavy atom. The number of aliphatic hydroxyl groups excluding tert-OH is 1. The van der Waals surface area contributed by atoms with Gasteiger partial charge in [-0.25, -0.2) is 0 Å². The summed E-state index contributed by atoms with van der Waals surface area (Å²) in [6, 6.07) is 7.60. The van der Waals surface area contributed by atoms with Crippen LogP contribution in [-0.4, -0.2) is 67.3 Å². The highest BCUT2D eigenvalue weighted by atomic mass is 16.5. The number of amides is 1. The van der Waals surface area contributed by atoms with Gasteiger partial charge in [0.15, 0.2) is 0 Å². The van der Waals surface area contributed by atoms with Crippen molar-refractivity contribution in [3.05, 3.63) is 35.9 Å². The van der Waals surface area contributed by atoms with Crippen LogP contribution in [0.3, 0.4) is 0 Å². The Labute approximate surface area is 125 Å². The summed E-state index contributed by atoms with van der Waals surface area (Å²) in [6.07, 6.45) is 3.42. The molecule has 0 radical (unpaired) electrons. The first-order valence-electron chi connectivity index (χ1n) is 7.17. The summed E-state index contributed by atoms with van der Waals surface area (Å²) < 4.78 is 5.16. The number of piperazine rings is 1. The largest absolute Gasteiger partial charge is 0.497 e. The number of nitrogens with zero attached hydrogens (tertiary/aromatic N) is 2. The molecular weight excluding hydrogens is 268 g/mol. The molecule has 21 heavy (non-hydrogen) atoms. The van der Waals surface area contributed by atoms with Crippen LogP contribution in [0.1, 0.15) is 5.56 Å². The van der Waals surface area contributed by atoms with E-state index in [1.54, 1.807) is 13.2 Å². The van der Waals surface area contributed by atoms with Crippen molar-refractivity contribution in [2.45, 2.75) is 0 Å². The van der Waals surface area contributed by atoms with Crippen LogP contribution in [0.2, 0.25) is 0 Å². The first-order valence-corrected chi connectivity index (χ1v) is 7.17. The van der Waals surface area contributed by atoms with Crippen molar-refractivity contribution < 1.29 is 14.6 Å². The quantitative estimate of drug-likeness (QED) is 0.817. The summed E-state index contributed by atoms with van der Waals surface area (Å²) in [6.45, 7) is 3.91. The monoisotopic (exact) mass is 290 g/mol. The van der Waals surface area contributed by atoms with Crippen LogP contribution in [0.4, 0.5) is 0 Å². The van der Waals surface area contributed by atoms with Gasteiger partial charge in [0.1, 0.15) is 5.75 Å². The Morgan fingerprint density at radius 3 is 2.76 bits per heavy atom. The third-order valence-corrected chi connectivity index (χ3v) is 3.61. The minimum Gasteiger partial charge on any atom is -0.497 e. The number of benzene rings is 1. The van der Waals surface area contributed by atoms with Crippen LogP contribution in [-0.2, 0) is 4.79 Å². The van der Waals surface area contributed by atoms with Crippen LogP contribution >= 0.6 is 0 Å². The Hall–Kier alpha value is -1.85. The van der Waals surface area contributed by atoms with Gasteiger partial charge < -0.3 is 14.7 Å². The molecular formula is C16H22N2O3. The highest BCUT2D eigenvalue weighted by Gasteiger charge is 2.18. The average Bonchev–Trinajstić information content (AvgIpc) is 2.54. The Morgan fingerprint density at radius 2 is 2.10 bits per heavy atom. The lowest BCUT2D eigenvalue weighted by molar-refractivity contribution is -0.127. The van der Waals surface area contributed by atoms with Crippen LogP contribution in [0.5, 0.6) is 5.75 Å². The molecule has 1 aromatic carbocycles. The highest BCUT2D eigenvalue weighted by molar-refractivity contribution is 5.91. The topological polar surface area (TPSA) is 53.0 Å². The first-order chi connectivity index (χ1) is 10.2. The second kappa shape index (κ2) is 7.81. The summed E-state index contributed by atoms with van der Waals surface area (Å²) in [4.78, 5) is 16.1.